The maximum atomic E-state index is 12.2. The largest absolute Gasteiger partial charge is 0.313 e. The fourth-order valence-corrected chi connectivity index (χ4v) is 2.85. The molecule has 0 radical (unpaired) electrons. The van der Waals surface area contributed by atoms with Crippen molar-refractivity contribution in [2.75, 3.05) is 18.0 Å². The van der Waals surface area contributed by atoms with Crippen LogP contribution in [0.5, 0.6) is 0 Å². The van der Waals surface area contributed by atoms with Gasteiger partial charge in [-0.05, 0) is 37.4 Å². The maximum absolute atomic E-state index is 12.2. The second kappa shape index (κ2) is 5.72. The van der Waals surface area contributed by atoms with Crippen LogP contribution in [0.1, 0.15) is 24.8 Å². The average Bonchev–Trinajstić information content (AvgIpc) is 2.96. The van der Waals surface area contributed by atoms with Crippen LogP contribution in [0, 0.1) is 0 Å². The standard InChI is InChI=1S/C14H18N2O.ClH/c17-14(10-12-5-3-8-15-12)16-9-7-11-4-1-2-6-13(11)16;/h1-2,4,6,12,15H,3,5,7-10H2;1H. The molecule has 1 N–H and O–H groups in total. The van der Waals surface area contributed by atoms with Gasteiger partial charge in [0.2, 0.25) is 5.91 Å². The number of nitrogens with zero attached hydrogens (tertiary/aromatic N) is 1. The van der Waals surface area contributed by atoms with Gasteiger partial charge in [0, 0.05) is 24.7 Å². The fraction of sp³-hybridized carbons (Fsp3) is 0.500. The number of benzene rings is 1. The Hall–Kier alpha value is -1.06. The molecule has 1 atom stereocenters. The highest BCUT2D eigenvalue weighted by molar-refractivity contribution is 5.95. The average molecular weight is 267 g/mol. The minimum atomic E-state index is 0. The lowest BCUT2D eigenvalue weighted by Crippen LogP contribution is -2.34. The van der Waals surface area contributed by atoms with E-state index >= 15 is 0 Å². The van der Waals surface area contributed by atoms with Gasteiger partial charge < -0.3 is 10.2 Å². The van der Waals surface area contributed by atoms with Crippen molar-refractivity contribution in [3.8, 4) is 0 Å². The van der Waals surface area contributed by atoms with Crippen molar-refractivity contribution in [1.82, 2.24) is 5.32 Å². The van der Waals surface area contributed by atoms with Gasteiger partial charge in [-0.2, -0.15) is 0 Å². The van der Waals surface area contributed by atoms with E-state index in [-0.39, 0.29) is 18.3 Å². The molecular weight excluding hydrogens is 248 g/mol. The summed E-state index contributed by atoms with van der Waals surface area (Å²) in [6, 6.07) is 8.64. The van der Waals surface area contributed by atoms with E-state index in [0.717, 1.165) is 31.6 Å². The molecule has 98 valence electrons. The molecule has 1 unspecified atom stereocenters. The highest BCUT2D eigenvalue weighted by Crippen LogP contribution is 2.28. The van der Waals surface area contributed by atoms with Gasteiger partial charge in [0.15, 0.2) is 0 Å². The maximum Gasteiger partial charge on any atom is 0.228 e. The van der Waals surface area contributed by atoms with Gasteiger partial charge in [-0.3, -0.25) is 4.79 Å². The molecule has 1 amide bonds. The summed E-state index contributed by atoms with van der Waals surface area (Å²) in [6.45, 7) is 1.92. The van der Waals surface area contributed by atoms with Crippen molar-refractivity contribution in [2.45, 2.75) is 31.7 Å². The van der Waals surface area contributed by atoms with Crippen molar-refractivity contribution in [3.05, 3.63) is 29.8 Å². The van der Waals surface area contributed by atoms with Crippen LogP contribution in [0.15, 0.2) is 24.3 Å². The molecule has 0 aromatic heterocycles. The van der Waals surface area contributed by atoms with Crippen molar-refractivity contribution in [1.29, 1.82) is 0 Å². The first-order valence-corrected chi connectivity index (χ1v) is 6.46. The first-order valence-electron chi connectivity index (χ1n) is 6.46. The van der Waals surface area contributed by atoms with Gasteiger partial charge in [0.1, 0.15) is 0 Å². The van der Waals surface area contributed by atoms with E-state index < -0.39 is 0 Å². The van der Waals surface area contributed by atoms with Crippen LogP contribution in [-0.2, 0) is 11.2 Å². The molecule has 1 fully saturated rings. The number of hydrogen-bond acceptors (Lipinski definition) is 2. The molecule has 1 aromatic rings. The number of amides is 1. The third-order valence-corrected chi connectivity index (χ3v) is 3.77. The Kier molecular flexibility index (Phi) is 4.25. The summed E-state index contributed by atoms with van der Waals surface area (Å²) in [5, 5.41) is 3.39. The quantitative estimate of drug-likeness (QED) is 0.890. The smallest absolute Gasteiger partial charge is 0.228 e. The molecule has 2 aliphatic rings. The zero-order valence-corrected chi connectivity index (χ0v) is 11.2. The van der Waals surface area contributed by atoms with Crippen LogP contribution in [0.4, 0.5) is 5.69 Å². The van der Waals surface area contributed by atoms with Crippen LogP contribution >= 0.6 is 12.4 Å². The fourth-order valence-electron chi connectivity index (χ4n) is 2.85. The second-order valence-corrected chi connectivity index (χ2v) is 4.92. The van der Waals surface area contributed by atoms with E-state index in [2.05, 4.69) is 17.4 Å². The first-order chi connectivity index (χ1) is 8.34. The summed E-state index contributed by atoms with van der Waals surface area (Å²) in [5.41, 5.74) is 2.43. The molecule has 3 nitrogen and oxygen atoms in total. The van der Waals surface area contributed by atoms with Crippen molar-refractivity contribution >= 4 is 24.0 Å². The highest BCUT2D eigenvalue weighted by atomic mass is 35.5. The Balaban J connectivity index is 0.00000120. The number of nitrogens with one attached hydrogen (secondary N) is 1. The predicted octanol–water partition coefficient (Wildman–Crippen LogP) is 2.14. The number of fused-ring (bicyclic) bond motifs is 1. The predicted molar refractivity (Wildman–Crippen MR) is 75.4 cm³/mol. The van der Waals surface area contributed by atoms with Crippen LogP contribution < -0.4 is 10.2 Å². The van der Waals surface area contributed by atoms with Crippen LogP contribution in [0.2, 0.25) is 0 Å². The molecule has 3 rings (SSSR count). The van der Waals surface area contributed by atoms with Gasteiger partial charge in [0.05, 0.1) is 0 Å². The van der Waals surface area contributed by atoms with Crippen LogP contribution in [0.3, 0.4) is 0 Å². The molecule has 2 aliphatic heterocycles. The molecule has 0 aliphatic carbocycles. The van der Waals surface area contributed by atoms with E-state index in [9.17, 15) is 4.79 Å². The highest BCUT2D eigenvalue weighted by Gasteiger charge is 2.26. The van der Waals surface area contributed by atoms with Gasteiger partial charge in [-0.1, -0.05) is 18.2 Å². The number of halogens is 1. The molecule has 0 saturated carbocycles. The lowest BCUT2D eigenvalue weighted by molar-refractivity contribution is -0.118. The number of anilines is 1. The summed E-state index contributed by atoms with van der Waals surface area (Å²) in [5.74, 6) is 0.273. The Morgan fingerprint density at radius 1 is 1.39 bits per heavy atom. The molecule has 4 heteroatoms. The molecule has 2 heterocycles. The van der Waals surface area contributed by atoms with Gasteiger partial charge >= 0.3 is 0 Å². The lowest BCUT2D eigenvalue weighted by atomic mass is 10.1. The van der Waals surface area contributed by atoms with Crippen LogP contribution in [-0.4, -0.2) is 25.0 Å². The summed E-state index contributed by atoms with van der Waals surface area (Å²) in [4.78, 5) is 14.2. The minimum absolute atomic E-state index is 0. The van der Waals surface area contributed by atoms with E-state index in [1.165, 1.54) is 12.0 Å². The van der Waals surface area contributed by atoms with Crippen molar-refractivity contribution in [2.24, 2.45) is 0 Å². The Bertz CT molecular complexity index is 430. The van der Waals surface area contributed by atoms with Crippen molar-refractivity contribution in [3.63, 3.8) is 0 Å². The first kappa shape index (κ1) is 13.4. The molecule has 0 bridgehead atoms. The lowest BCUT2D eigenvalue weighted by Gasteiger charge is -2.19. The summed E-state index contributed by atoms with van der Waals surface area (Å²) >= 11 is 0. The topological polar surface area (TPSA) is 32.3 Å². The molecule has 0 spiro atoms. The van der Waals surface area contributed by atoms with E-state index in [1.807, 2.05) is 17.0 Å². The van der Waals surface area contributed by atoms with E-state index in [1.54, 1.807) is 0 Å². The zero-order chi connectivity index (χ0) is 11.7. The Morgan fingerprint density at radius 3 is 3.00 bits per heavy atom. The third-order valence-electron chi connectivity index (χ3n) is 3.77. The van der Waals surface area contributed by atoms with Crippen LogP contribution in [0.25, 0.3) is 0 Å². The molecule has 1 aromatic carbocycles. The van der Waals surface area contributed by atoms with Gasteiger partial charge in [-0.25, -0.2) is 0 Å². The minimum Gasteiger partial charge on any atom is -0.313 e. The van der Waals surface area contributed by atoms with Gasteiger partial charge in [0.25, 0.3) is 0 Å². The second-order valence-electron chi connectivity index (χ2n) is 4.92. The van der Waals surface area contributed by atoms with Gasteiger partial charge in [-0.15, -0.1) is 12.4 Å². The number of para-hydroxylation sites is 1. The monoisotopic (exact) mass is 266 g/mol. The number of carbonyl (C=O) groups is 1. The van der Waals surface area contributed by atoms with E-state index in [4.69, 9.17) is 0 Å². The summed E-state index contributed by atoms with van der Waals surface area (Å²) in [6.07, 6.45) is 3.99. The Morgan fingerprint density at radius 2 is 2.22 bits per heavy atom. The third kappa shape index (κ3) is 2.52. The zero-order valence-electron chi connectivity index (χ0n) is 10.4. The number of rotatable bonds is 2. The molecular formula is C14H19ClN2O. The molecule has 1 saturated heterocycles. The summed E-state index contributed by atoms with van der Waals surface area (Å²) < 4.78 is 0. The number of hydrogen-bond donors (Lipinski definition) is 1. The van der Waals surface area contributed by atoms with Crippen molar-refractivity contribution < 1.29 is 4.79 Å². The molecule has 18 heavy (non-hydrogen) atoms. The normalized spacial score (nSPS) is 21.6. The summed E-state index contributed by atoms with van der Waals surface area (Å²) in [7, 11) is 0. The Labute approximate surface area is 114 Å². The number of carbonyl (C=O) groups excluding carboxylic acids is 1. The SMILES string of the molecule is Cl.O=C(CC1CCCN1)N1CCc2ccccc21. The van der Waals surface area contributed by atoms with E-state index in [0.29, 0.717) is 12.5 Å².